The van der Waals surface area contributed by atoms with Gasteiger partial charge in [0.2, 0.25) is 5.82 Å². The van der Waals surface area contributed by atoms with E-state index in [0.717, 1.165) is 4.47 Å². The predicted molar refractivity (Wildman–Crippen MR) is 75.0 cm³/mol. The van der Waals surface area contributed by atoms with Crippen molar-refractivity contribution in [2.75, 3.05) is 5.73 Å². The fourth-order valence-corrected chi connectivity index (χ4v) is 2.13. The first kappa shape index (κ1) is 12.7. The molecule has 0 spiro atoms. The van der Waals surface area contributed by atoms with Gasteiger partial charge in [0.05, 0.1) is 5.56 Å². The third kappa shape index (κ3) is 2.27. The monoisotopic (exact) mass is 334 g/mol. The molecule has 0 aliphatic rings. The van der Waals surface area contributed by atoms with E-state index in [0.29, 0.717) is 22.8 Å². The number of rotatable bonds is 2. The zero-order valence-corrected chi connectivity index (χ0v) is 11.6. The molecule has 0 fully saturated rings. The van der Waals surface area contributed by atoms with Crippen LogP contribution >= 0.6 is 15.9 Å². The number of nitrogen functional groups attached to an aromatic ring is 1. The van der Waals surface area contributed by atoms with Crippen molar-refractivity contribution in [2.24, 2.45) is 0 Å². The number of benzene rings is 1. The number of hydrogen-bond donors (Lipinski definition) is 1. The summed E-state index contributed by atoms with van der Waals surface area (Å²) in [6.45, 7) is 0. The highest BCUT2D eigenvalue weighted by Gasteiger charge is 2.16. The van der Waals surface area contributed by atoms with Crippen LogP contribution in [0.25, 0.3) is 23.0 Å². The summed E-state index contributed by atoms with van der Waals surface area (Å²) in [6, 6.07) is 7.56. The standard InChI is InChI=1S/C13H8BrFN4O/c14-9-2-1-5-17-11(9)12-18-13(20-19-12)8-6-7(15)3-4-10(8)16/h1-6H,16H2. The lowest BCUT2D eigenvalue weighted by Crippen LogP contribution is -1.91. The van der Waals surface area contributed by atoms with Crippen molar-refractivity contribution in [3.05, 3.63) is 46.8 Å². The average Bonchev–Trinajstić information content (AvgIpc) is 2.91. The molecule has 0 saturated heterocycles. The summed E-state index contributed by atoms with van der Waals surface area (Å²) in [6.07, 6.45) is 1.62. The molecule has 0 aliphatic heterocycles. The minimum absolute atomic E-state index is 0.148. The molecule has 1 aromatic carbocycles. The molecule has 100 valence electrons. The van der Waals surface area contributed by atoms with Gasteiger partial charge in [-0.2, -0.15) is 4.98 Å². The molecule has 2 N–H and O–H groups in total. The maximum atomic E-state index is 13.3. The molecule has 2 heterocycles. The normalized spacial score (nSPS) is 10.7. The van der Waals surface area contributed by atoms with Gasteiger partial charge < -0.3 is 10.3 Å². The number of anilines is 1. The molecule has 5 nitrogen and oxygen atoms in total. The molecule has 7 heteroatoms. The minimum atomic E-state index is -0.423. The molecule has 0 saturated carbocycles. The second-order valence-corrected chi connectivity index (χ2v) is 4.84. The van der Waals surface area contributed by atoms with Gasteiger partial charge in [0.25, 0.3) is 5.89 Å². The molecular formula is C13H8BrFN4O. The summed E-state index contributed by atoms with van der Waals surface area (Å²) in [7, 11) is 0. The molecule has 0 atom stereocenters. The van der Waals surface area contributed by atoms with E-state index in [-0.39, 0.29) is 5.89 Å². The van der Waals surface area contributed by atoms with Gasteiger partial charge in [0.15, 0.2) is 0 Å². The first-order chi connectivity index (χ1) is 9.65. The molecule has 0 amide bonds. The van der Waals surface area contributed by atoms with Crippen molar-refractivity contribution in [3.63, 3.8) is 0 Å². The van der Waals surface area contributed by atoms with Crippen molar-refractivity contribution in [3.8, 4) is 23.0 Å². The molecule has 20 heavy (non-hydrogen) atoms. The maximum Gasteiger partial charge on any atom is 0.260 e. The average molecular weight is 335 g/mol. The second kappa shape index (κ2) is 5.01. The van der Waals surface area contributed by atoms with E-state index in [1.807, 2.05) is 6.07 Å². The predicted octanol–water partition coefficient (Wildman–Crippen LogP) is 3.28. The minimum Gasteiger partial charge on any atom is -0.398 e. The smallest absolute Gasteiger partial charge is 0.260 e. The number of nitrogens with zero attached hydrogens (tertiary/aromatic N) is 3. The van der Waals surface area contributed by atoms with Crippen LogP contribution in [-0.4, -0.2) is 15.1 Å². The van der Waals surface area contributed by atoms with Crippen molar-refractivity contribution in [2.45, 2.75) is 0 Å². The lowest BCUT2D eigenvalue weighted by Gasteiger charge is -1.99. The highest BCUT2D eigenvalue weighted by Crippen LogP contribution is 2.29. The van der Waals surface area contributed by atoms with Crippen molar-refractivity contribution in [1.29, 1.82) is 0 Å². The summed E-state index contributed by atoms with van der Waals surface area (Å²) in [5.74, 6) is 0.0265. The SMILES string of the molecule is Nc1ccc(F)cc1-c1nc(-c2ncccc2Br)no1. The van der Waals surface area contributed by atoms with Crippen LogP contribution in [0, 0.1) is 5.82 Å². The van der Waals surface area contributed by atoms with E-state index < -0.39 is 5.82 Å². The Morgan fingerprint density at radius 3 is 2.90 bits per heavy atom. The molecule has 2 aromatic heterocycles. The Morgan fingerprint density at radius 1 is 1.25 bits per heavy atom. The van der Waals surface area contributed by atoms with Crippen LogP contribution in [-0.2, 0) is 0 Å². The van der Waals surface area contributed by atoms with E-state index in [2.05, 4.69) is 31.1 Å². The van der Waals surface area contributed by atoms with Crippen LogP contribution in [0.2, 0.25) is 0 Å². The topological polar surface area (TPSA) is 77.8 Å². The van der Waals surface area contributed by atoms with Gasteiger partial charge in [-0.05, 0) is 46.3 Å². The molecule has 3 aromatic rings. The Balaban J connectivity index is 2.07. The van der Waals surface area contributed by atoms with E-state index in [9.17, 15) is 4.39 Å². The van der Waals surface area contributed by atoms with E-state index >= 15 is 0 Å². The second-order valence-electron chi connectivity index (χ2n) is 3.99. The van der Waals surface area contributed by atoms with Gasteiger partial charge in [-0.3, -0.25) is 4.98 Å². The molecule has 0 unspecified atom stereocenters. The van der Waals surface area contributed by atoms with Crippen molar-refractivity contribution >= 4 is 21.6 Å². The fraction of sp³-hybridized carbons (Fsp3) is 0. The Labute approximate surface area is 121 Å². The lowest BCUT2D eigenvalue weighted by atomic mass is 10.2. The lowest BCUT2D eigenvalue weighted by molar-refractivity contribution is 0.432. The Morgan fingerprint density at radius 2 is 2.10 bits per heavy atom. The molecule has 3 rings (SSSR count). The van der Waals surface area contributed by atoms with Crippen LogP contribution in [0.4, 0.5) is 10.1 Å². The Bertz CT molecular complexity index is 775. The molecule has 0 aliphatic carbocycles. The largest absolute Gasteiger partial charge is 0.398 e. The van der Waals surface area contributed by atoms with Crippen molar-refractivity contribution < 1.29 is 8.91 Å². The fourth-order valence-electron chi connectivity index (χ4n) is 1.69. The number of aromatic nitrogens is 3. The highest BCUT2D eigenvalue weighted by molar-refractivity contribution is 9.10. The van der Waals surface area contributed by atoms with Gasteiger partial charge >= 0.3 is 0 Å². The van der Waals surface area contributed by atoms with Crippen molar-refractivity contribution in [1.82, 2.24) is 15.1 Å². The Kier molecular flexibility index (Phi) is 3.19. The number of nitrogens with two attached hydrogens (primary N) is 1. The van der Waals surface area contributed by atoms with Gasteiger partial charge in [-0.1, -0.05) is 5.16 Å². The molecule has 0 radical (unpaired) electrons. The molecule has 0 bridgehead atoms. The molecular weight excluding hydrogens is 327 g/mol. The summed E-state index contributed by atoms with van der Waals surface area (Å²) < 4.78 is 19.1. The third-order valence-corrected chi connectivity index (χ3v) is 3.28. The quantitative estimate of drug-likeness (QED) is 0.727. The van der Waals surface area contributed by atoms with Crippen LogP contribution in [0.3, 0.4) is 0 Å². The van der Waals surface area contributed by atoms with Gasteiger partial charge in [-0.25, -0.2) is 4.39 Å². The van der Waals surface area contributed by atoms with Gasteiger partial charge in [0, 0.05) is 16.4 Å². The Hall–Kier alpha value is -2.28. The number of halogens is 2. The number of pyridine rings is 1. The summed E-state index contributed by atoms with van der Waals surface area (Å²) >= 11 is 3.36. The van der Waals surface area contributed by atoms with E-state index in [1.54, 1.807) is 12.3 Å². The van der Waals surface area contributed by atoms with Crippen LogP contribution < -0.4 is 5.73 Å². The van der Waals surface area contributed by atoms with Crippen LogP contribution in [0.1, 0.15) is 0 Å². The van der Waals surface area contributed by atoms with Crippen LogP contribution in [0.15, 0.2) is 45.5 Å². The highest BCUT2D eigenvalue weighted by atomic mass is 79.9. The van der Waals surface area contributed by atoms with Crippen LogP contribution in [0.5, 0.6) is 0 Å². The summed E-state index contributed by atoms with van der Waals surface area (Å²) in [5.41, 5.74) is 7.04. The van der Waals surface area contributed by atoms with Gasteiger partial charge in [0.1, 0.15) is 11.5 Å². The zero-order chi connectivity index (χ0) is 14.1. The first-order valence-corrected chi connectivity index (χ1v) is 6.44. The first-order valence-electron chi connectivity index (χ1n) is 5.65. The van der Waals surface area contributed by atoms with E-state index in [4.69, 9.17) is 10.3 Å². The number of hydrogen-bond acceptors (Lipinski definition) is 5. The maximum absolute atomic E-state index is 13.3. The van der Waals surface area contributed by atoms with E-state index in [1.165, 1.54) is 18.2 Å². The third-order valence-electron chi connectivity index (χ3n) is 2.64. The van der Waals surface area contributed by atoms with Gasteiger partial charge in [-0.15, -0.1) is 0 Å². The summed E-state index contributed by atoms with van der Waals surface area (Å²) in [5, 5.41) is 3.84. The summed E-state index contributed by atoms with van der Waals surface area (Å²) in [4.78, 5) is 8.35. The zero-order valence-electron chi connectivity index (χ0n) is 10.0.